The van der Waals surface area contributed by atoms with Crippen LogP contribution < -0.4 is 0 Å². The van der Waals surface area contributed by atoms with Crippen molar-refractivity contribution < 1.29 is 18.0 Å². The molecule has 2 nitrogen and oxygen atoms in total. The lowest BCUT2D eigenvalue weighted by Gasteiger charge is -2.11. The van der Waals surface area contributed by atoms with Crippen LogP contribution in [0.3, 0.4) is 0 Å². The van der Waals surface area contributed by atoms with Gasteiger partial charge >= 0.3 is 6.18 Å². The summed E-state index contributed by atoms with van der Waals surface area (Å²) in [5.41, 5.74) is 1.57. The Hall–Kier alpha value is -2.17. The van der Waals surface area contributed by atoms with E-state index in [1.165, 1.54) is 13.0 Å². The molecule has 110 valence electrons. The molecule has 0 aliphatic rings. The molecule has 0 radical (unpaired) electrons. The first-order chi connectivity index (χ1) is 9.70. The number of benzene rings is 1. The summed E-state index contributed by atoms with van der Waals surface area (Å²) in [6.45, 7) is 5.02. The Morgan fingerprint density at radius 3 is 2.14 bits per heavy atom. The van der Waals surface area contributed by atoms with Gasteiger partial charge in [-0.3, -0.25) is 9.78 Å². The maximum atomic E-state index is 12.6. The number of carbonyl (C=O) groups is 1. The molecule has 0 spiro atoms. The van der Waals surface area contributed by atoms with Gasteiger partial charge in [0.2, 0.25) is 0 Å². The van der Waals surface area contributed by atoms with E-state index in [-0.39, 0.29) is 11.3 Å². The molecule has 0 bridgehead atoms. The van der Waals surface area contributed by atoms with Gasteiger partial charge in [-0.2, -0.15) is 13.2 Å². The number of hydrogen-bond acceptors (Lipinski definition) is 2. The van der Waals surface area contributed by atoms with Crippen molar-refractivity contribution in [2.75, 3.05) is 0 Å². The molecule has 0 atom stereocenters. The van der Waals surface area contributed by atoms with Crippen LogP contribution in [-0.2, 0) is 6.18 Å². The Morgan fingerprint density at radius 1 is 1.00 bits per heavy atom. The molecule has 0 saturated carbocycles. The fraction of sp³-hybridized carbons (Fsp3) is 0.250. The fourth-order valence-electron chi connectivity index (χ4n) is 2.17. The molecule has 0 aliphatic carbocycles. The number of carbonyl (C=O) groups excluding carboxylic acids is 1. The lowest BCUT2D eigenvalue weighted by Crippen LogP contribution is -2.10. The Labute approximate surface area is 120 Å². The lowest BCUT2D eigenvalue weighted by atomic mass is 9.96. The minimum absolute atomic E-state index is 0.261. The van der Waals surface area contributed by atoms with Crippen molar-refractivity contribution in [2.24, 2.45) is 0 Å². The number of aryl methyl sites for hydroxylation is 3. The summed E-state index contributed by atoms with van der Waals surface area (Å²) in [4.78, 5) is 16.6. The topological polar surface area (TPSA) is 30.0 Å². The second kappa shape index (κ2) is 5.31. The van der Waals surface area contributed by atoms with Crippen LogP contribution in [0.4, 0.5) is 13.2 Å². The number of rotatable bonds is 2. The average molecular weight is 293 g/mol. The molecule has 0 N–H and O–H groups in total. The minimum Gasteiger partial charge on any atom is -0.289 e. The van der Waals surface area contributed by atoms with Gasteiger partial charge in [0.15, 0.2) is 5.78 Å². The van der Waals surface area contributed by atoms with Crippen molar-refractivity contribution in [1.82, 2.24) is 4.98 Å². The van der Waals surface area contributed by atoms with Crippen LogP contribution in [0.1, 0.15) is 38.4 Å². The highest BCUT2D eigenvalue weighted by atomic mass is 19.4. The first-order valence-electron chi connectivity index (χ1n) is 6.37. The fourth-order valence-corrected chi connectivity index (χ4v) is 2.17. The molecule has 21 heavy (non-hydrogen) atoms. The number of alkyl halides is 3. The first kappa shape index (κ1) is 15.2. The Morgan fingerprint density at radius 2 is 1.62 bits per heavy atom. The van der Waals surface area contributed by atoms with Gasteiger partial charge in [-0.1, -0.05) is 6.07 Å². The van der Waals surface area contributed by atoms with Gasteiger partial charge < -0.3 is 0 Å². The molecule has 0 saturated heterocycles. The van der Waals surface area contributed by atoms with Crippen LogP contribution >= 0.6 is 0 Å². The largest absolute Gasteiger partial charge is 0.416 e. The first-order valence-corrected chi connectivity index (χ1v) is 6.37. The molecular formula is C16H14F3NO. The predicted octanol–water partition coefficient (Wildman–Crippen LogP) is 4.26. The summed E-state index contributed by atoms with van der Waals surface area (Å²) >= 11 is 0. The van der Waals surface area contributed by atoms with E-state index in [9.17, 15) is 18.0 Å². The molecule has 5 heteroatoms. The molecule has 0 aliphatic heterocycles. The average Bonchev–Trinajstić information content (AvgIpc) is 2.36. The minimum atomic E-state index is -4.41. The number of ketones is 1. The summed E-state index contributed by atoms with van der Waals surface area (Å²) in [6.07, 6.45) is -4.41. The molecule has 0 amide bonds. The third kappa shape index (κ3) is 3.12. The molecule has 0 unspecified atom stereocenters. The smallest absolute Gasteiger partial charge is 0.289 e. The highest BCUT2D eigenvalue weighted by Crippen LogP contribution is 2.31. The van der Waals surface area contributed by atoms with Gasteiger partial charge in [-0.05, 0) is 50.6 Å². The van der Waals surface area contributed by atoms with Crippen molar-refractivity contribution >= 4 is 5.78 Å². The highest BCUT2D eigenvalue weighted by molar-refractivity contribution is 6.10. The van der Waals surface area contributed by atoms with Crippen LogP contribution in [0.5, 0.6) is 0 Å². The van der Waals surface area contributed by atoms with E-state index in [2.05, 4.69) is 4.98 Å². The molecule has 2 aromatic rings. The zero-order chi connectivity index (χ0) is 15.8. The third-order valence-electron chi connectivity index (χ3n) is 3.27. The summed E-state index contributed by atoms with van der Waals surface area (Å²) in [6, 6.07) is 6.50. The van der Waals surface area contributed by atoms with Crippen molar-refractivity contribution in [3.63, 3.8) is 0 Å². The second-order valence-electron chi connectivity index (χ2n) is 4.94. The monoisotopic (exact) mass is 293 g/mol. The SMILES string of the molecule is Cc1ccc(C(=O)c2ccc(C(F)(F)F)cc2C)c(C)n1. The zero-order valence-corrected chi connectivity index (χ0v) is 11.9. The van der Waals surface area contributed by atoms with Crippen molar-refractivity contribution in [2.45, 2.75) is 26.9 Å². The molecule has 0 fully saturated rings. The standard InChI is InChI=1S/C16H14F3NO/c1-9-8-12(16(17,18)19)5-7-13(9)15(21)14-6-4-10(2)20-11(14)3/h4-8H,1-3H3. The van der Waals surface area contributed by atoms with Crippen molar-refractivity contribution in [3.05, 3.63) is 64.0 Å². The van der Waals surface area contributed by atoms with Gasteiger partial charge in [-0.15, -0.1) is 0 Å². The van der Waals surface area contributed by atoms with Gasteiger partial charge in [0.1, 0.15) is 0 Å². The van der Waals surface area contributed by atoms with E-state index in [1.807, 2.05) is 6.92 Å². The normalized spacial score (nSPS) is 11.5. The third-order valence-corrected chi connectivity index (χ3v) is 3.27. The Balaban J connectivity index is 2.45. The van der Waals surface area contributed by atoms with E-state index in [1.54, 1.807) is 19.1 Å². The summed E-state index contributed by atoms with van der Waals surface area (Å²) in [5.74, 6) is -0.314. The molecule has 1 aromatic heterocycles. The maximum absolute atomic E-state index is 12.6. The Kier molecular flexibility index (Phi) is 3.85. The van der Waals surface area contributed by atoms with E-state index in [4.69, 9.17) is 0 Å². The van der Waals surface area contributed by atoms with Gasteiger partial charge in [0.25, 0.3) is 0 Å². The second-order valence-corrected chi connectivity index (χ2v) is 4.94. The number of hydrogen-bond donors (Lipinski definition) is 0. The van der Waals surface area contributed by atoms with Crippen LogP contribution in [0.25, 0.3) is 0 Å². The maximum Gasteiger partial charge on any atom is 0.416 e. The van der Waals surface area contributed by atoms with Crippen LogP contribution in [0, 0.1) is 20.8 Å². The molecular weight excluding hydrogens is 279 g/mol. The quantitative estimate of drug-likeness (QED) is 0.774. The van der Waals surface area contributed by atoms with Crippen molar-refractivity contribution in [3.8, 4) is 0 Å². The molecule has 1 heterocycles. The van der Waals surface area contributed by atoms with Gasteiger partial charge in [0, 0.05) is 22.5 Å². The van der Waals surface area contributed by atoms with Gasteiger partial charge in [0.05, 0.1) is 5.56 Å². The summed E-state index contributed by atoms with van der Waals surface area (Å²) in [7, 11) is 0. The van der Waals surface area contributed by atoms with E-state index >= 15 is 0 Å². The molecule has 1 aromatic carbocycles. The number of pyridine rings is 1. The highest BCUT2D eigenvalue weighted by Gasteiger charge is 2.31. The lowest BCUT2D eigenvalue weighted by molar-refractivity contribution is -0.137. The van der Waals surface area contributed by atoms with Crippen LogP contribution in [0.15, 0.2) is 30.3 Å². The van der Waals surface area contributed by atoms with E-state index < -0.39 is 11.7 Å². The number of nitrogens with zero attached hydrogens (tertiary/aromatic N) is 1. The predicted molar refractivity (Wildman–Crippen MR) is 73.3 cm³/mol. The molecule has 2 rings (SSSR count). The van der Waals surface area contributed by atoms with Crippen LogP contribution in [-0.4, -0.2) is 10.8 Å². The summed E-state index contributed by atoms with van der Waals surface area (Å²) in [5, 5.41) is 0. The zero-order valence-electron chi connectivity index (χ0n) is 11.9. The number of halogens is 3. The number of aromatic nitrogens is 1. The van der Waals surface area contributed by atoms with Crippen molar-refractivity contribution in [1.29, 1.82) is 0 Å². The summed E-state index contributed by atoms with van der Waals surface area (Å²) < 4.78 is 37.9. The van der Waals surface area contributed by atoms with E-state index in [0.717, 1.165) is 17.8 Å². The van der Waals surface area contributed by atoms with Crippen LogP contribution in [0.2, 0.25) is 0 Å². The van der Waals surface area contributed by atoms with Gasteiger partial charge in [-0.25, -0.2) is 0 Å². The Bertz CT molecular complexity index is 705. The van der Waals surface area contributed by atoms with E-state index in [0.29, 0.717) is 16.8 Å².